The van der Waals surface area contributed by atoms with Crippen LogP contribution in [0, 0.1) is 0 Å². The Morgan fingerprint density at radius 1 is 0.895 bits per heavy atom. The first-order chi connectivity index (χ1) is 8.61. The van der Waals surface area contributed by atoms with Crippen molar-refractivity contribution < 1.29 is 25.6 Å². The number of rotatable bonds is 8. The molecule has 9 heteroatoms. The Balaban J connectivity index is 0. The zero-order valence-electron chi connectivity index (χ0n) is 12.0. The zero-order chi connectivity index (χ0) is 15.5. The zero-order valence-corrected chi connectivity index (χ0v) is 13.6. The van der Waals surface area contributed by atoms with Crippen LogP contribution < -0.4 is 0 Å². The molecule has 0 aliphatic carbocycles. The lowest BCUT2D eigenvalue weighted by atomic mass is 10.5. The Morgan fingerprint density at radius 2 is 1.32 bits per heavy atom. The summed E-state index contributed by atoms with van der Waals surface area (Å²) in [6, 6.07) is 0. The SMILES string of the molecule is CCN(CC)CC.CCOS(=O)(=O)CCS(=O)(=O)O. The van der Waals surface area contributed by atoms with E-state index >= 15 is 0 Å². The standard InChI is InChI=1S/C6H15N.C4H10O6S2/c1-4-7(5-2)6-3;1-2-10-12(8,9)4-3-11(5,6)7/h4-6H2,1-3H3;2-4H2,1H3,(H,5,6,7). The summed E-state index contributed by atoms with van der Waals surface area (Å²) in [4.78, 5) is 2.38. The smallest absolute Gasteiger partial charge is 0.268 e. The van der Waals surface area contributed by atoms with Crippen LogP contribution in [0.4, 0.5) is 0 Å². The van der Waals surface area contributed by atoms with Gasteiger partial charge < -0.3 is 4.90 Å². The van der Waals surface area contributed by atoms with Crippen LogP contribution in [0.3, 0.4) is 0 Å². The van der Waals surface area contributed by atoms with Gasteiger partial charge in [-0.25, -0.2) is 0 Å². The van der Waals surface area contributed by atoms with E-state index in [1.54, 1.807) is 0 Å². The fourth-order valence-electron chi connectivity index (χ4n) is 1.12. The van der Waals surface area contributed by atoms with Crippen molar-refractivity contribution in [1.29, 1.82) is 0 Å². The van der Waals surface area contributed by atoms with Gasteiger partial charge in [-0.3, -0.25) is 8.74 Å². The molecule has 0 bridgehead atoms. The Kier molecular flexibility index (Phi) is 11.7. The van der Waals surface area contributed by atoms with Gasteiger partial charge in [0.2, 0.25) is 0 Å². The lowest BCUT2D eigenvalue weighted by Crippen LogP contribution is -2.21. The number of hydrogen-bond acceptors (Lipinski definition) is 6. The number of nitrogens with zero attached hydrogens (tertiary/aromatic N) is 1. The van der Waals surface area contributed by atoms with Crippen LogP contribution >= 0.6 is 0 Å². The molecule has 0 aromatic rings. The van der Waals surface area contributed by atoms with E-state index in [0.717, 1.165) is 0 Å². The molecule has 0 amide bonds. The van der Waals surface area contributed by atoms with Gasteiger partial charge in [-0.05, 0) is 26.6 Å². The van der Waals surface area contributed by atoms with Crippen molar-refractivity contribution in [2.45, 2.75) is 27.7 Å². The van der Waals surface area contributed by atoms with Crippen molar-refractivity contribution in [3.05, 3.63) is 0 Å². The van der Waals surface area contributed by atoms with E-state index in [0.29, 0.717) is 0 Å². The summed E-state index contributed by atoms with van der Waals surface area (Å²) in [6.07, 6.45) is 0. The Bertz CT molecular complexity index is 394. The minimum atomic E-state index is -4.23. The Hall–Kier alpha value is -0.220. The average molecular weight is 319 g/mol. The van der Waals surface area contributed by atoms with E-state index in [1.807, 2.05) is 0 Å². The molecule has 118 valence electrons. The first-order valence-corrected chi connectivity index (χ1v) is 9.35. The molecule has 0 aromatic heterocycles. The van der Waals surface area contributed by atoms with Gasteiger partial charge in [0.05, 0.1) is 18.1 Å². The number of hydrogen-bond donors (Lipinski definition) is 1. The summed E-state index contributed by atoms with van der Waals surface area (Å²) in [6.45, 7) is 11.5. The van der Waals surface area contributed by atoms with Gasteiger partial charge in [-0.1, -0.05) is 20.8 Å². The van der Waals surface area contributed by atoms with Gasteiger partial charge in [0, 0.05) is 0 Å². The molecule has 0 aromatic carbocycles. The van der Waals surface area contributed by atoms with E-state index in [-0.39, 0.29) is 6.61 Å². The third kappa shape index (κ3) is 15.7. The van der Waals surface area contributed by atoms with Crippen molar-refractivity contribution in [2.75, 3.05) is 37.7 Å². The topological polar surface area (TPSA) is 101 Å². The van der Waals surface area contributed by atoms with Crippen LogP contribution in [0.15, 0.2) is 0 Å². The molecule has 0 unspecified atom stereocenters. The van der Waals surface area contributed by atoms with Crippen LogP contribution in [0.25, 0.3) is 0 Å². The fourth-order valence-corrected chi connectivity index (χ4v) is 3.25. The van der Waals surface area contributed by atoms with E-state index in [9.17, 15) is 16.8 Å². The highest BCUT2D eigenvalue weighted by Crippen LogP contribution is 1.94. The van der Waals surface area contributed by atoms with Gasteiger partial charge >= 0.3 is 0 Å². The van der Waals surface area contributed by atoms with Crippen molar-refractivity contribution in [3.63, 3.8) is 0 Å². The molecule has 0 aliphatic rings. The maximum absolute atomic E-state index is 10.7. The lowest BCUT2D eigenvalue weighted by molar-refractivity contribution is 0.321. The summed E-state index contributed by atoms with van der Waals surface area (Å²) in [5, 5.41) is 0. The minimum absolute atomic E-state index is 0.0478. The molecule has 0 atom stereocenters. The van der Waals surface area contributed by atoms with Gasteiger partial charge in [0.25, 0.3) is 20.2 Å². The third-order valence-corrected chi connectivity index (χ3v) is 4.51. The highest BCUT2D eigenvalue weighted by molar-refractivity contribution is 7.90. The second-order valence-electron chi connectivity index (χ2n) is 3.57. The lowest BCUT2D eigenvalue weighted by Gasteiger charge is -2.13. The molecule has 0 saturated carbocycles. The van der Waals surface area contributed by atoms with Crippen LogP contribution in [0.1, 0.15) is 27.7 Å². The van der Waals surface area contributed by atoms with Crippen molar-refractivity contribution in [3.8, 4) is 0 Å². The van der Waals surface area contributed by atoms with Crippen LogP contribution in [0.5, 0.6) is 0 Å². The fraction of sp³-hybridized carbons (Fsp3) is 1.00. The molecule has 0 aliphatic heterocycles. The summed E-state index contributed by atoms with van der Waals surface area (Å²) in [5.41, 5.74) is 0. The van der Waals surface area contributed by atoms with Gasteiger partial charge in [0.15, 0.2) is 0 Å². The van der Waals surface area contributed by atoms with Crippen molar-refractivity contribution in [1.82, 2.24) is 4.90 Å². The normalized spacial score (nSPS) is 12.1. The second-order valence-corrected chi connectivity index (χ2v) is 6.91. The van der Waals surface area contributed by atoms with Crippen LogP contribution in [0.2, 0.25) is 0 Å². The molecule has 0 fully saturated rings. The molecule has 0 saturated heterocycles. The van der Waals surface area contributed by atoms with E-state index in [4.69, 9.17) is 4.55 Å². The second kappa shape index (κ2) is 10.6. The van der Waals surface area contributed by atoms with Crippen LogP contribution in [-0.4, -0.2) is 64.0 Å². The van der Waals surface area contributed by atoms with Crippen molar-refractivity contribution >= 4 is 20.2 Å². The minimum Gasteiger partial charge on any atom is -0.304 e. The predicted molar refractivity (Wildman–Crippen MR) is 75.3 cm³/mol. The molecular weight excluding hydrogens is 294 g/mol. The Morgan fingerprint density at radius 3 is 1.53 bits per heavy atom. The average Bonchev–Trinajstić information content (AvgIpc) is 2.29. The van der Waals surface area contributed by atoms with Crippen molar-refractivity contribution in [2.24, 2.45) is 0 Å². The van der Waals surface area contributed by atoms with E-state index in [2.05, 4.69) is 29.9 Å². The monoisotopic (exact) mass is 319 g/mol. The molecule has 0 spiro atoms. The summed E-state index contributed by atoms with van der Waals surface area (Å²) < 4.78 is 54.0. The predicted octanol–water partition coefficient (Wildman–Crippen LogP) is 0.589. The van der Waals surface area contributed by atoms with Gasteiger partial charge in [0.1, 0.15) is 0 Å². The largest absolute Gasteiger partial charge is 0.304 e. The highest BCUT2D eigenvalue weighted by atomic mass is 32.2. The summed E-state index contributed by atoms with van der Waals surface area (Å²) >= 11 is 0. The Labute approximate surface area is 116 Å². The van der Waals surface area contributed by atoms with Crippen LogP contribution in [-0.2, 0) is 24.4 Å². The van der Waals surface area contributed by atoms with Gasteiger partial charge in [-0.2, -0.15) is 16.8 Å². The molecular formula is C10H25NO6S2. The van der Waals surface area contributed by atoms with E-state index in [1.165, 1.54) is 26.6 Å². The molecule has 0 radical (unpaired) electrons. The third-order valence-electron chi connectivity index (χ3n) is 2.23. The van der Waals surface area contributed by atoms with Gasteiger partial charge in [-0.15, -0.1) is 0 Å². The molecule has 1 N–H and O–H groups in total. The maximum Gasteiger partial charge on any atom is 0.268 e. The highest BCUT2D eigenvalue weighted by Gasteiger charge is 2.15. The first kappa shape index (κ1) is 21.1. The first-order valence-electron chi connectivity index (χ1n) is 6.16. The molecule has 0 rings (SSSR count). The quantitative estimate of drug-likeness (QED) is 0.516. The molecule has 0 heterocycles. The van der Waals surface area contributed by atoms with E-state index < -0.39 is 31.7 Å². The molecule has 19 heavy (non-hydrogen) atoms. The maximum atomic E-state index is 10.7. The summed E-state index contributed by atoms with van der Waals surface area (Å²) in [7, 11) is -8.04. The summed E-state index contributed by atoms with van der Waals surface area (Å²) in [5.74, 6) is -1.56. The molecule has 7 nitrogen and oxygen atoms in total.